The standard InChI is InChI=1S/C20H27N5O4S/c1-12-3-8-17(29-2)15(9-12)18(26)16-10-23-20(25-19(16)21)24-14-6-4-13(5-7-14)11-30(22,27)28/h3,8-10,13-14H,4-7,11H2,1-2H3,(H2,22,27,28)(H3,21,23,24,25). The molecule has 1 saturated carbocycles. The molecule has 0 saturated heterocycles. The number of aromatic nitrogens is 2. The highest BCUT2D eigenvalue weighted by Crippen LogP contribution is 2.28. The second kappa shape index (κ2) is 8.97. The van der Waals surface area contributed by atoms with Crippen LogP contribution in [0.2, 0.25) is 0 Å². The Morgan fingerprint density at radius 1 is 1.23 bits per heavy atom. The number of methoxy groups -OCH3 is 1. The van der Waals surface area contributed by atoms with E-state index in [1.165, 1.54) is 13.3 Å². The topological polar surface area (TPSA) is 150 Å². The smallest absolute Gasteiger partial charge is 0.224 e. The Balaban J connectivity index is 1.68. The van der Waals surface area contributed by atoms with Gasteiger partial charge in [-0.05, 0) is 50.7 Å². The Morgan fingerprint density at radius 3 is 2.53 bits per heavy atom. The third kappa shape index (κ3) is 5.45. The normalized spacial score (nSPS) is 19.3. The second-order valence-corrected chi connectivity index (χ2v) is 9.38. The van der Waals surface area contributed by atoms with Gasteiger partial charge in [-0.15, -0.1) is 0 Å². The summed E-state index contributed by atoms with van der Waals surface area (Å²) in [6.45, 7) is 1.89. The van der Waals surface area contributed by atoms with E-state index in [0.717, 1.165) is 31.2 Å². The minimum Gasteiger partial charge on any atom is -0.496 e. The summed E-state index contributed by atoms with van der Waals surface area (Å²) in [6, 6.07) is 5.45. The van der Waals surface area contributed by atoms with Crippen molar-refractivity contribution in [2.75, 3.05) is 23.9 Å². The lowest BCUT2D eigenvalue weighted by Crippen LogP contribution is -2.31. The molecule has 10 heteroatoms. The summed E-state index contributed by atoms with van der Waals surface area (Å²) < 4.78 is 27.8. The number of anilines is 2. The SMILES string of the molecule is COc1ccc(C)cc1C(=O)c1cnc(NC2CCC(CS(N)(=O)=O)CC2)nc1N. The first-order chi connectivity index (χ1) is 14.2. The lowest BCUT2D eigenvalue weighted by molar-refractivity contribution is 0.103. The zero-order chi connectivity index (χ0) is 21.9. The fourth-order valence-corrected chi connectivity index (χ4v) is 4.76. The maximum atomic E-state index is 12.9. The number of primary sulfonamides is 1. The number of ether oxygens (including phenoxy) is 1. The van der Waals surface area contributed by atoms with Crippen LogP contribution in [0.3, 0.4) is 0 Å². The van der Waals surface area contributed by atoms with Gasteiger partial charge in [-0.25, -0.2) is 18.5 Å². The molecule has 1 aromatic heterocycles. The molecule has 0 unspecified atom stereocenters. The number of carbonyl (C=O) groups excluding carboxylic acids is 1. The summed E-state index contributed by atoms with van der Waals surface area (Å²) in [4.78, 5) is 21.4. The largest absolute Gasteiger partial charge is 0.496 e. The van der Waals surface area contributed by atoms with Gasteiger partial charge in [0.05, 0.1) is 24.0 Å². The van der Waals surface area contributed by atoms with E-state index < -0.39 is 10.0 Å². The highest BCUT2D eigenvalue weighted by atomic mass is 32.2. The van der Waals surface area contributed by atoms with Crippen molar-refractivity contribution in [1.29, 1.82) is 0 Å². The van der Waals surface area contributed by atoms with Gasteiger partial charge in [-0.2, -0.15) is 4.98 Å². The molecule has 0 aliphatic heterocycles. The zero-order valence-corrected chi connectivity index (χ0v) is 17.9. The molecular weight excluding hydrogens is 406 g/mol. The minimum absolute atomic E-state index is 0.0163. The maximum absolute atomic E-state index is 12.9. The van der Waals surface area contributed by atoms with Crippen molar-refractivity contribution < 1.29 is 17.9 Å². The third-order valence-electron chi connectivity index (χ3n) is 5.31. The predicted molar refractivity (Wildman–Crippen MR) is 115 cm³/mol. The van der Waals surface area contributed by atoms with Crippen LogP contribution in [0.1, 0.15) is 47.2 Å². The summed E-state index contributed by atoms with van der Waals surface area (Å²) in [5.74, 6) is 0.682. The van der Waals surface area contributed by atoms with E-state index in [1.807, 2.05) is 13.0 Å². The van der Waals surface area contributed by atoms with Crippen molar-refractivity contribution in [1.82, 2.24) is 9.97 Å². The van der Waals surface area contributed by atoms with Gasteiger partial charge in [0.2, 0.25) is 21.8 Å². The number of nitrogens with zero attached hydrogens (tertiary/aromatic N) is 2. The molecule has 1 aliphatic carbocycles. The Kier molecular flexibility index (Phi) is 6.57. The number of sulfonamides is 1. The van der Waals surface area contributed by atoms with E-state index in [0.29, 0.717) is 17.3 Å². The van der Waals surface area contributed by atoms with Gasteiger partial charge < -0.3 is 15.8 Å². The van der Waals surface area contributed by atoms with E-state index >= 15 is 0 Å². The van der Waals surface area contributed by atoms with Crippen molar-refractivity contribution >= 4 is 27.6 Å². The Morgan fingerprint density at radius 2 is 1.93 bits per heavy atom. The van der Waals surface area contributed by atoms with Crippen LogP contribution in [0.4, 0.5) is 11.8 Å². The molecule has 1 aliphatic rings. The third-order valence-corrected chi connectivity index (χ3v) is 6.25. The Bertz CT molecular complexity index is 1030. The molecule has 0 bridgehead atoms. The fourth-order valence-electron chi connectivity index (χ4n) is 3.77. The number of aryl methyl sites for hydroxylation is 1. The number of ketones is 1. The first-order valence-corrected chi connectivity index (χ1v) is 11.5. The van der Waals surface area contributed by atoms with Gasteiger partial charge in [0, 0.05) is 12.2 Å². The van der Waals surface area contributed by atoms with Gasteiger partial charge >= 0.3 is 0 Å². The number of benzene rings is 1. The molecule has 0 amide bonds. The van der Waals surface area contributed by atoms with E-state index in [1.54, 1.807) is 12.1 Å². The van der Waals surface area contributed by atoms with E-state index in [2.05, 4.69) is 15.3 Å². The van der Waals surface area contributed by atoms with E-state index in [-0.39, 0.29) is 34.9 Å². The van der Waals surface area contributed by atoms with Crippen molar-refractivity contribution in [2.45, 2.75) is 38.6 Å². The van der Waals surface area contributed by atoms with E-state index in [9.17, 15) is 13.2 Å². The molecule has 162 valence electrons. The lowest BCUT2D eigenvalue weighted by atomic mass is 9.87. The fraction of sp³-hybridized carbons (Fsp3) is 0.450. The number of hydrogen-bond acceptors (Lipinski definition) is 8. The molecule has 2 aromatic rings. The Labute approximate surface area is 176 Å². The maximum Gasteiger partial charge on any atom is 0.224 e. The van der Waals surface area contributed by atoms with Crippen molar-refractivity contribution in [3.8, 4) is 5.75 Å². The van der Waals surface area contributed by atoms with Gasteiger partial charge in [-0.1, -0.05) is 11.6 Å². The van der Waals surface area contributed by atoms with Crippen LogP contribution in [0, 0.1) is 12.8 Å². The molecule has 1 heterocycles. The Hall–Kier alpha value is -2.72. The summed E-state index contributed by atoms with van der Waals surface area (Å²) in [7, 11) is -1.95. The lowest BCUT2D eigenvalue weighted by Gasteiger charge is -2.28. The quantitative estimate of drug-likeness (QED) is 0.560. The van der Waals surface area contributed by atoms with Gasteiger partial charge in [-0.3, -0.25) is 4.79 Å². The van der Waals surface area contributed by atoms with Crippen LogP contribution in [-0.2, 0) is 10.0 Å². The minimum atomic E-state index is -3.45. The molecule has 1 fully saturated rings. The van der Waals surface area contributed by atoms with Gasteiger partial charge in [0.1, 0.15) is 11.6 Å². The number of carbonyl (C=O) groups is 1. The highest BCUT2D eigenvalue weighted by Gasteiger charge is 2.25. The predicted octanol–water partition coefficient (Wildman–Crippen LogP) is 1.87. The molecule has 9 nitrogen and oxygen atoms in total. The van der Waals surface area contributed by atoms with Crippen LogP contribution in [0.5, 0.6) is 5.75 Å². The molecule has 1 aromatic carbocycles. The average Bonchev–Trinajstić information content (AvgIpc) is 2.68. The molecule has 5 N–H and O–H groups in total. The average molecular weight is 434 g/mol. The molecule has 30 heavy (non-hydrogen) atoms. The van der Waals surface area contributed by atoms with Gasteiger partial charge in [0.15, 0.2) is 0 Å². The van der Waals surface area contributed by atoms with Crippen molar-refractivity contribution in [3.63, 3.8) is 0 Å². The highest BCUT2D eigenvalue weighted by molar-refractivity contribution is 7.89. The second-order valence-electron chi connectivity index (χ2n) is 7.72. The van der Waals surface area contributed by atoms with Crippen molar-refractivity contribution in [2.24, 2.45) is 11.1 Å². The van der Waals surface area contributed by atoms with Crippen LogP contribution >= 0.6 is 0 Å². The molecule has 3 rings (SSSR count). The number of rotatable bonds is 7. The number of nitrogen functional groups attached to an aromatic ring is 1. The summed E-state index contributed by atoms with van der Waals surface area (Å²) >= 11 is 0. The van der Waals surface area contributed by atoms with Crippen LogP contribution in [0.15, 0.2) is 24.4 Å². The van der Waals surface area contributed by atoms with Crippen LogP contribution in [0.25, 0.3) is 0 Å². The summed E-state index contributed by atoms with van der Waals surface area (Å²) in [5.41, 5.74) is 7.59. The van der Waals surface area contributed by atoms with Crippen molar-refractivity contribution in [3.05, 3.63) is 41.1 Å². The summed E-state index contributed by atoms with van der Waals surface area (Å²) in [6.07, 6.45) is 4.50. The first-order valence-electron chi connectivity index (χ1n) is 9.75. The zero-order valence-electron chi connectivity index (χ0n) is 17.1. The molecular formula is C20H27N5O4S. The first kappa shape index (κ1) is 22.0. The van der Waals surface area contributed by atoms with Crippen LogP contribution in [-0.4, -0.2) is 43.1 Å². The molecule has 0 spiro atoms. The monoisotopic (exact) mass is 433 g/mol. The number of hydrogen-bond donors (Lipinski definition) is 3. The summed E-state index contributed by atoms with van der Waals surface area (Å²) in [5, 5.41) is 8.36. The van der Waals surface area contributed by atoms with Gasteiger partial charge in [0.25, 0.3) is 0 Å². The van der Waals surface area contributed by atoms with E-state index in [4.69, 9.17) is 15.6 Å². The number of nitrogens with two attached hydrogens (primary N) is 2. The van der Waals surface area contributed by atoms with Crippen LogP contribution < -0.4 is 20.9 Å². The number of nitrogens with one attached hydrogen (secondary N) is 1. The molecule has 0 atom stereocenters. The molecule has 0 radical (unpaired) electrons.